The Bertz CT molecular complexity index is 365. The molecule has 0 aliphatic heterocycles. The van der Waals surface area contributed by atoms with Crippen molar-refractivity contribution in [3.05, 3.63) is 18.0 Å². The van der Waals surface area contributed by atoms with Crippen LogP contribution in [0.1, 0.15) is 25.0 Å². The Morgan fingerprint density at radius 1 is 1.57 bits per heavy atom. The third-order valence-corrected chi connectivity index (χ3v) is 2.70. The van der Waals surface area contributed by atoms with E-state index in [0.29, 0.717) is 17.7 Å². The Hall–Kier alpha value is -1.63. The molecule has 4 heteroatoms. The smallest absolute Gasteiger partial charge is 0.226 e. The van der Waals surface area contributed by atoms with Crippen molar-refractivity contribution >= 4 is 5.95 Å². The molecule has 0 amide bonds. The molecule has 4 nitrogen and oxygen atoms in total. The van der Waals surface area contributed by atoms with E-state index in [1.807, 2.05) is 13.1 Å². The molecule has 0 N–H and O–H groups in total. The van der Waals surface area contributed by atoms with E-state index in [-0.39, 0.29) is 0 Å². The molecular weight excluding hydrogens is 176 g/mol. The van der Waals surface area contributed by atoms with Crippen LogP contribution in [0.5, 0.6) is 0 Å². The molecule has 0 aromatic carbocycles. The highest BCUT2D eigenvalue weighted by Gasteiger charge is 2.23. The molecule has 1 heterocycles. The molecule has 72 valence electrons. The number of nitriles is 1. The molecular formula is C10H12N4. The first kappa shape index (κ1) is 8.95. The molecule has 1 aliphatic carbocycles. The van der Waals surface area contributed by atoms with E-state index in [0.717, 1.165) is 0 Å². The van der Waals surface area contributed by atoms with Gasteiger partial charge in [0.15, 0.2) is 0 Å². The molecule has 1 aromatic heterocycles. The largest absolute Gasteiger partial charge is 0.341 e. The Kier molecular flexibility index (Phi) is 2.32. The molecule has 1 fully saturated rings. The molecule has 0 atom stereocenters. The van der Waals surface area contributed by atoms with Gasteiger partial charge in [-0.25, -0.2) is 9.97 Å². The van der Waals surface area contributed by atoms with Crippen LogP contribution < -0.4 is 4.90 Å². The minimum absolute atomic E-state index is 0.432. The van der Waals surface area contributed by atoms with Gasteiger partial charge < -0.3 is 4.90 Å². The summed E-state index contributed by atoms with van der Waals surface area (Å²) in [6, 6.07) is 4.20. The third kappa shape index (κ3) is 1.53. The third-order valence-electron chi connectivity index (χ3n) is 2.70. The van der Waals surface area contributed by atoms with Crippen molar-refractivity contribution in [2.75, 3.05) is 11.9 Å². The number of anilines is 1. The van der Waals surface area contributed by atoms with Gasteiger partial charge >= 0.3 is 0 Å². The van der Waals surface area contributed by atoms with E-state index in [1.54, 1.807) is 12.3 Å². The number of rotatable bonds is 2. The summed E-state index contributed by atoms with van der Waals surface area (Å²) in [5.41, 5.74) is 0.432. The zero-order valence-electron chi connectivity index (χ0n) is 8.14. The molecule has 0 bridgehead atoms. The van der Waals surface area contributed by atoms with Crippen LogP contribution in [0.15, 0.2) is 12.3 Å². The molecule has 0 radical (unpaired) electrons. The maximum Gasteiger partial charge on any atom is 0.226 e. The van der Waals surface area contributed by atoms with E-state index in [2.05, 4.69) is 14.9 Å². The molecule has 1 aliphatic rings. The fourth-order valence-corrected chi connectivity index (χ4v) is 1.52. The number of hydrogen-bond donors (Lipinski definition) is 0. The second-order valence-electron chi connectivity index (χ2n) is 3.55. The predicted octanol–water partition coefficient (Wildman–Crippen LogP) is 1.34. The summed E-state index contributed by atoms with van der Waals surface area (Å²) in [4.78, 5) is 10.4. The molecule has 1 aromatic rings. The zero-order chi connectivity index (χ0) is 9.97. The van der Waals surface area contributed by atoms with Crippen molar-refractivity contribution in [2.45, 2.75) is 25.3 Å². The van der Waals surface area contributed by atoms with E-state index >= 15 is 0 Å². The zero-order valence-corrected chi connectivity index (χ0v) is 8.14. The quantitative estimate of drug-likeness (QED) is 0.702. The van der Waals surface area contributed by atoms with Gasteiger partial charge in [0.1, 0.15) is 11.8 Å². The van der Waals surface area contributed by atoms with Crippen molar-refractivity contribution in [2.24, 2.45) is 0 Å². The van der Waals surface area contributed by atoms with Crippen LogP contribution in [0.3, 0.4) is 0 Å². The number of hydrogen-bond acceptors (Lipinski definition) is 4. The Morgan fingerprint density at radius 3 is 2.93 bits per heavy atom. The van der Waals surface area contributed by atoms with Crippen molar-refractivity contribution in [3.8, 4) is 6.07 Å². The van der Waals surface area contributed by atoms with Crippen LogP contribution >= 0.6 is 0 Å². The van der Waals surface area contributed by atoms with E-state index in [1.165, 1.54) is 19.3 Å². The lowest BCUT2D eigenvalue weighted by atomic mass is 9.92. The molecule has 14 heavy (non-hydrogen) atoms. The monoisotopic (exact) mass is 188 g/mol. The highest BCUT2D eigenvalue weighted by Crippen LogP contribution is 2.25. The van der Waals surface area contributed by atoms with Crippen LogP contribution in [-0.2, 0) is 0 Å². The first-order valence-corrected chi connectivity index (χ1v) is 4.77. The van der Waals surface area contributed by atoms with Gasteiger partial charge in [-0.3, -0.25) is 0 Å². The molecule has 2 rings (SSSR count). The lowest BCUT2D eigenvalue weighted by molar-refractivity contribution is 0.397. The van der Waals surface area contributed by atoms with Gasteiger partial charge in [-0.05, 0) is 25.3 Å². The maximum absolute atomic E-state index is 8.69. The van der Waals surface area contributed by atoms with Crippen LogP contribution in [0, 0.1) is 11.3 Å². The summed E-state index contributed by atoms with van der Waals surface area (Å²) < 4.78 is 0. The standard InChI is InChI=1S/C10H12N4/c1-14(9-3-2-4-9)10-12-6-5-8(7-11)13-10/h5-6,9H,2-4H2,1H3. The average molecular weight is 188 g/mol. The van der Waals surface area contributed by atoms with Crippen molar-refractivity contribution in [1.82, 2.24) is 9.97 Å². The van der Waals surface area contributed by atoms with Crippen molar-refractivity contribution < 1.29 is 0 Å². The van der Waals surface area contributed by atoms with Crippen molar-refractivity contribution in [1.29, 1.82) is 5.26 Å². The normalized spacial score (nSPS) is 15.7. The van der Waals surface area contributed by atoms with E-state index in [4.69, 9.17) is 5.26 Å². The first-order chi connectivity index (χ1) is 6.81. The summed E-state index contributed by atoms with van der Waals surface area (Å²) in [5.74, 6) is 0.661. The van der Waals surface area contributed by atoms with Crippen molar-refractivity contribution in [3.63, 3.8) is 0 Å². The van der Waals surface area contributed by atoms with Gasteiger partial charge in [-0.15, -0.1) is 0 Å². The summed E-state index contributed by atoms with van der Waals surface area (Å²) in [6.45, 7) is 0. The van der Waals surface area contributed by atoms with Gasteiger partial charge in [0, 0.05) is 19.3 Å². The van der Waals surface area contributed by atoms with Gasteiger partial charge in [0.05, 0.1) is 0 Å². The number of aromatic nitrogens is 2. The highest BCUT2D eigenvalue weighted by molar-refractivity contribution is 5.34. The molecule has 0 saturated heterocycles. The molecule has 0 spiro atoms. The van der Waals surface area contributed by atoms with Crippen LogP contribution in [-0.4, -0.2) is 23.1 Å². The maximum atomic E-state index is 8.69. The Morgan fingerprint density at radius 2 is 2.36 bits per heavy atom. The second-order valence-corrected chi connectivity index (χ2v) is 3.55. The van der Waals surface area contributed by atoms with Crippen LogP contribution in [0.4, 0.5) is 5.95 Å². The molecule has 1 saturated carbocycles. The van der Waals surface area contributed by atoms with Gasteiger partial charge in [-0.2, -0.15) is 5.26 Å². The predicted molar refractivity (Wildman–Crippen MR) is 52.8 cm³/mol. The number of nitrogens with zero attached hydrogens (tertiary/aromatic N) is 4. The minimum Gasteiger partial charge on any atom is -0.341 e. The first-order valence-electron chi connectivity index (χ1n) is 4.77. The lowest BCUT2D eigenvalue weighted by Gasteiger charge is -2.34. The Balaban J connectivity index is 2.18. The van der Waals surface area contributed by atoms with Crippen LogP contribution in [0.25, 0.3) is 0 Å². The molecule has 0 unspecified atom stereocenters. The summed E-state index contributed by atoms with van der Waals surface area (Å²) in [6.07, 6.45) is 5.33. The van der Waals surface area contributed by atoms with Gasteiger partial charge in [-0.1, -0.05) is 0 Å². The van der Waals surface area contributed by atoms with Crippen LogP contribution in [0.2, 0.25) is 0 Å². The van der Waals surface area contributed by atoms with E-state index in [9.17, 15) is 0 Å². The SMILES string of the molecule is CN(c1nccc(C#N)n1)C1CCC1. The van der Waals surface area contributed by atoms with Gasteiger partial charge in [0.2, 0.25) is 5.95 Å². The van der Waals surface area contributed by atoms with Gasteiger partial charge in [0.25, 0.3) is 0 Å². The minimum atomic E-state index is 0.432. The van der Waals surface area contributed by atoms with E-state index < -0.39 is 0 Å². The topological polar surface area (TPSA) is 52.8 Å². The lowest BCUT2D eigenvalue weighted by Crippen LogP contribution is -2.38. The fraction of sp³-hybridized carbons (Fsp3) is 0.500. The summed E-state index contributed by atoms with van der Waals surface area (Å²) in [5, 5.41) is 8.69. The Labute approximate surface area is 83.2 Å². The second kappa shape index (κ2) is 3.62. The average Bonchev–Trinajstić information content (AvgIpc) is 2.15. The summed E-state index contributed by atoms with van der Waals surface area (Å²) >= 11 is 0. The fourth-order valence-electron chi connectivity index (χ4n) is 1.52. The highest BCUT2D eigenvalue weighted by atomic mass is 15.3. The summed E-state index contributed by atoms with van der Waals surface area (Å²) in [7, 11) is 1.99.